The minimum atomic E-state index is -0.614. The Morgan fingerprint density at radius 1 is 1.14 bits per heavy atom. The number of nitrogens with one attached hydrogen (secondary N) is 1. The van der Waals surface area contributed by atoms with Crippen molar-refractivity contribution < 1.29 is 9.90 Å². The van der Waals surface area contributed by atoms with Gasteiger partial charge in [-0.3, -0.25) is 4.90 Å². The zero-order valence-corrected chi connectivity index (χ0v) is 21.6. The van der Waals surface area contributed by atoms with Gasteiger partial charge in [0.2, 0.25) is 0 Å². The smallest absolute Gasteiger partial charge is 0.344 e. The summed E-state index contributed by atoms with van der Waals surface area (Å²) in [5, 5.41) is 17.8. The van der Waals surface area contributed by atoms with E-state index in [0.717, 1.165) is 51.3 Å². The van der Waals surface area contributed by atoms with Crippen LogP contribution in [-0.2, 0) is 6.54 Å². The number of amides is 1. The van der Waals surface area contributed by atoms with Gasteiger partial charge in [-0.25, -0.2) is 4.79 Å². The molecule has 35 heavy (non-hydrogen) atoms. The van der Waals surface area contributed by atoms with E-state index < -0.39 is 5.60 Å². The predicted molar refractivity (Wildman–Crippen MR) is 141 cm³/mol. The molecule has 0 aliphatic carbocycles. The number of hydrogen-bond donors (Lipinski definition) is 2. The Kier molecular flexibility index (Phi) is 7.52. The van der Waals surface area contributed by atoms with Crippen LogP contribution in [0.4, 0.5) is 16.3 Å². The lowest BCUT2D eigenvalue weighted by Crippen LogP contribution is -2.49. The molecule has 8 nitrogen and oxygen atoms in total. The van der Waals surface area contributed by atoms with Gasteiger partial charge in [0.25, 0.3) is 0 Å². The number of piperidine rings is 1. The summed E-state index contributed by atoms with van der Waals surface area (Å²) in [6.45, 7) is 17.5. The van der Waals surface area contributed by atoms with Crippen LogP contribution in [0.3, 0.4) is 0 Å². The van der Waals surface area contributed by atoms with Gasteiger partial charge in [-0.15, -0.1) is 5.10 Å². The molecule has 2 aliphatic heterocycles. The number of carbonyl (C=O) groups is 1. The Hall–Kier alpha value is -2.84. The van der Waals surface area contributed by atoms with Gasteiger partial charge in [0.1, 0.15) is 0 Å². The second kappa shape index (κ2) is 10.4. The van der Waals surface area contributed by atoms with Crippen LogP contribution in [0.15, 0.2) is 42.7 Å². The molecule has 0 unspecified atom stereocenters. The summed E-state index contributed by atoms with van der Waals surface area (Å²) in [6.07, 6.45) is 3.71. The Labute approximate surface area is 209 Å². The third-order valence-corrected chi connectivity index (χ3v) is 7.24. The fourth-order valence-electron chi connectivity index (χ4n) is 5.13. The van der Waals surface area contributed by atoms with Gasteiger partial charge in [-0.05, 0) is 63.6 Å². The van der Waals surface area contributed by atoms with E-state index in [9.17, 15) is 9.90 Å². The Morgan fingerprint density at radius 2 is 1.83 bits per heavy atom. The molecule has 1 aromatic carbocycles. The SMILES string of the molecule is C=C(C)Nc1ccn(C(=O)N2CCN(Cc3ccc(C)cc3N3CCC(C(C)(C)O)CC3)CC2)n1. The fourth-order valence-corrected chi connectivity index (χ4v) is 5.13. The molecule has 0 radical (unpaired) electrons. The maximum atomic E-state index is 12.9. The molecule has 4 rings (SSSR count). The summed E-state index contributed by atoms with van der Waals surface area (Å²) < 4.78 is 1.40. The Balaban J connectivity index is 1.35. The molecule has 1 amide bonds. The first-order valence-electron chi connectivity index (χ1n) is 12.7. The van der Waals surface area contributed by atoms with Crippen molar-refractivity contribution in [3.05, 3.63) is 53.9 Å². The predicted octanol–water partition coefficient (Wildman–Crippen LogP) is 3.91. The monoisotopic (exact) mass is 480 g/mol. The third kappa shape index (κ3) is 6.24. The van der Waals surface area contributed by atoms with Gasteiger partial charge >= 0.3 is 6.03 Å². The average molecular weight is 481 g/mol. The van der Waals surface area contributed by atoms with Crippen LogP contribution in [0.25, 0.3) is 0 Å². The quantitative estimate of drug-likeness (QED) is 0.653. The van der Waals surface area contributed by atoms with Crippen molar-refractivity contribution in [1.29, 1.82) is 0 Å². The molecule has 0 saturated carbocycles. The first-order chi connectivity index (χ1) is 16.6. The van der Waals surface area contributed by atoms with E-state index in [2.05, 4.69) is 51.9 Å². The molecule has 2 aromatic rings. The second-order valence-corrected chi connectivity index (χ2v) is 10.6. The summed E-state index contributed by atoms with van der Waals surface area (Å²) in [6, 6.07) is 8.44. The van der Waals surface area contributed by atoms with Gasteiger partial charge in [0.05, 0.1) is 5.60 Å². The summed E-state index contributed by atoms with van der Waals surface area (Å²) >= 11 is 0. The van der Waals surface area contributed by atoms with Gasteiger partial charge in [0.15, 0.2) is 5.82 Å². The normalized spacial score (nSPS) is 18.1. The fraction of sp³-hybridized carbons (Fsp3) is 0.556. The zero-order chi connectivity index (χ0) is 25.2. The lowest BCUT2D eigenvalue weighted by Gasteiger charge is -2.40. The van der Waals surface area contributed by atoms with Crippen molar-refractivity contribution in [3.63, 3.8) is 0 Å². The molecular weight excluding hydrogens is 440 g/mol. The van der Waals surface area contributed by atoms with E-state index in [1.54, 1.807) is 12.3 Å². The van der Waals surface area contributed by atoms with Crippen molar-refractivity contribution in [2.45, 2.75) is 52.7 Å². The standard InChI is InChI=1S/C27H40N6O2/c1-20(2)28-25-10-13-33(29-25)26(34)32-16-14-30(15-17-32)19-22-7-6-21(3)18-24(22)31-11-8-23(9-12-31)27(4,5)35/h6-7,10,13,18,23,35H,1,8-9,11-12,14-17,19H2,2-5H3,(H,28,29). The summed E-state index contributed by atoms with van der Waals surface area (Å²) in [5.41, 5.74) is 4.08. The van der Waals surface area contributed by atoms with Crippen LogP contribution in [-0.4, -0.2) is 75.6 Å². The van der Waals surface area contributed by atoms with Crippen molar-refractivity contribution >= 4 is 17.5 Å². The molecular formula is C27H40N6O2. The number of hydrogen-bond acceptors (Lipinski definition) is 6. The highest BCUT2D eigenvalue weighted by Gasteiger charge is 2.31. The molecule has 2 N–H and O–H groups in total. The number of carbonyl (C=O) groups excluding carboxylic acids is 1. The van der Waals surface area contributed by atoms with Crippen LogP contribution in [0.5, 0.6) is 0 Å². The van der Waals surface area contributed by atoms with E-state index in [1.807, 2.05) is 25.7 Å². The van der Waals surface area contributed by atoms with Crippen molar-refractivity contribution in [2.24, 2.45) is 5.92 Å². The van der Waals surface area contributed by atoms with Crippen LogP contribution < -0.4 is 10.2 Å². The van der Waals surface area contributed by atoms with E-state index in [4.69, 9.17) is 0 Å². The van der Waals surface area contributed by atoms with Gasteiger partial charge < -0.3 is 20.2 Å². The molecule has 1 aromatic heterocycles. The van der Waals surface area contributed by atoms with Crippen LogP contribution >= 0.6 is 0 Å². The highest BCUT2D eigenvalue weighted by Crippen LogP contribution is 2.32. The zero-order valence-electron chi connectivity index (χ0n) is 21.6. The summed E-state index contributed by atoms with van der Waals surface area (Å²) in [5.74, 6) is 0.975. The number of aliphatic hydroxyl groups is 1. The summed E-state index contributed by atoms with van der Waals surface area (Å²) in [7, 11) is 0. The summed E-state index contributed by atoms with van der Waals surface area (Å²) in [4.78, 5) is 19.7. The third-order valence-electron chi connectivity index (χ3n) is 7.24. The number of piperazine rings is 1. The lowest BCUT2D eigenvalue weighted by atomic mass is 9.83. The van der Waals surface area contributed by atoms with E-state index in [-0.39, 0.29) is 6.03 Å². The van der Waals surface area contributed by atoms with E-state index in [1.165, 1.54) is 21.5 Å². The maximum Gasteiger partial charge on any atom is 0.344 e. The minimum absolute atomic E-state index is 0.0925. The van der Waals surface area contributed by atoms with Gasteiger partial charge in [-0.1, -0.05) is 18.7 Å². The molecule has 0 atom stereocenters. The highest BCUT2D eigenvalue weighted by molar-refractivity contribution is 5.76. The van der Waals surface area contributed by atoms with Crippen molar-refractivity contribution in [1.82, 2.24) is 19.6 Å². The number of rotatable bonds is 6. The molecule has 2 fully saturated rings. The highest BCUT2D eigenvalue weighted by atomic mass is 16.3. The minimum Gasteiger partial charge on any atom is -0.390 e. The van der Waals surface area contributed by atoms with Gasteiger partial charge in [0, 0.05) is 69.5 Å². The maximum absolute atomic E-state index is 12.9. The van der Waals surface area contributed by atoms with Crippen LogP contribution in [0.1, 0.15) is 44.7 Å². The number of aryl methyl sites for hydroxylation is 1. The number of aromatic nitrogens is 2. The number of anilines is 2. The molecule has 2 aliphatic rings. The topological polar surface area (TPSA) is 76.9 Å². The van der Waals surface area contributed by atoms with Crippen LogP contribution in [0, 0.1) is 12.8 Å². The molecule has 0 bridgehead atoms. The number of nitrogens with zero attached hydrogens (tertiary/aromatic N) is 5. The molecule has 2 saturated heterocycles. The van der Waals surface area contributed by atoms with E-state index >= 15 is 0 Å². The Morgan fingerprint density at radius 3 is 2.46 bits per heavy atom. The molecule has 190 valence electrons. The van der Waals surface area contributed by atoms with Crippen LogP contribution in [0.2, 0.25) is 0 Å². The second-order valence-electron chi connectivity index (χ2n) is 10.6. The van der Waals surface area contributed by atoms with Gasteiger partial charge in [-0.2, -0.15) is 4.68 Å². The Bertz CT molecular complexity index is 1040. The van der Waals surface area contributed by atoms with E-state index in [0.29, 0.717) is 24.8 Å². The lowest BCUT2D eigenvalue weighted by molar-refractivity contribution is 0.00649. The molecule has 0 spiro atoms. The largest absolute Gasteiger partial charge is 0.390 e. The molecule has 3 heterocycles. The van der Waals surface area contributed by atoms with Crippen molar-refractivity contribution in [2.75, 3.05) is 49.5 Å². The first-order valence-corrected chi connectivity index (χ1v) is 12.7. The number of allylic oxidation sites excluding steroid dienone is 1. The van der Waals surface area contributed by atoms with Crippen molar-refractivity contribution in [3.8, 4) is 0 Å². The number of benzene rings is 1. The molecule has 8 heteroatoms. The average Bonchev–Trinajstić information content (AvgIpc) is 3.27. The first kappa shape index (κ1) is 25.3.